The van der Waals surface area contributed by atoms with Gasteiger partial charge in [0.15, 0.2) is 0 Å². The number of halogens is 1. The minimum atomic E-state index is 0.815. The van der Waals surface area contributed by atoms with Gasteiger partial charge in [-0.3, -0.25) is 0 Å². The predicted octanol–water partition coefficient (Wildman–Crippen LogP) is 4.35. The SMILES string of the molecule is C=C(Cl)CCC(C)CC1CCC1. The lowest BCUT2D eigenvalue weighted by Gasteiger charge is -2.28. The van der Waals surface area contributed by atoms with E-state index in [1.807, 2.05) is 0 Å². The van der Waals surface area contributed by atoms with Crippen molar-refractivity contribution >= 4 is 11.6 Å². The van der Waals surface area contributed by atoms with E-state index in [4.69, 9.17) is 11.6 Å². The van der Waals surface area contributed by atoms with E-state index < -0.39 is 0 Å². The molecule has 1 unspecified atom stereocenters. The second kappa shape index (κ2) is 4.91. The van der Waals surface area contributed by atoms with Crippen LogP contribution in [0, 0.1) is 11.8 Å². The summed E-state index contributed by atoms with van der Waals surface area (Å²) in [5.74, 6) is 1.87. The molecule has 0 aliphatic heterocycles. The van der Waals surface area contributed by atoms with E-state index in [2.05, 4.69) is 13.5 Å². The molecule has 0 aromatic carbocycles. The quantitative estimate of drug-likeness (QED) is 0.599. The van der Waals surface area contributed by atoms with E-state index >= 15 is 0 Å². The van der Waals surface area contributed by atoms with Gasteiger partial charge in [-0.15, -0.1) is 0 Å². The van der Waals surface area contributed by atoms with Crippen molar-refractivity contribution in [1.29, 1.82) is 0 Å². The minimum absolute atomic E-state index is 0.815. The predicted molar refractivity (Wildman–Crippen MR) is 55.3 cm³/mol. The third-order valence-corrected chi connectivity index (χ3v) is 3.06. The molecule has 1 heteroatoms. The summed E-state index contributed by atoms with van der Waals surface area (Å²) in [5.41, 5.74) is 0. The summed E-state index contributed by atoms with van der Waals surface area (Å²) >= 11 is 5.71. The van der Waals surface area contributed by atoms with E-state index in [0.29, 0.717) is 0 Å². The summed E-state index contributed by atoms with van der Waals surface area (Å²) in [6.45, 7) is 6.04. The highest BCUT2D eigenvalue weighted by Crippen LogP contribution is 2.33. The lowest BCUT2D eigenvalue weighted by molar-refractivity contribution is 0.251. The molecular formula is C11H19Cl. The molecular weight excluding hydrogens is 168 g/mol. The average molecular weight is 187 g/mol. The van der Waals surface area contributed by atoms with Crippen molar-refractivity contribution in [3.05, 3.63) is 11.6 Å². The molecule has 0 aromatic heterocycles. The Bertz CT molecular complexity index is 147. The first-order valence-electron chi connectivity index (χ1n) is 5.01. The van der Waals surface area contributed by atoms with Crippen LogP contribution in [0.5, 0.6) is 0 Å². The number of hydrogen-bond donors (Lipinski definition) is 0. The van der Waals surface area contributed by atoms with Gasteiger partial charge in [-0.25, -0.2) is 0 Å². The molecule has 1 aliphatic carbocycles. The van der Waals surface area contributed by atoms with Crippen LogP contribution in [0.1, 0.15) is 45.4 Å². The molecule has 1 fully saturated rings. The van der Waals surface area contributed by atoms with Crippen LogP contribution >= 0.6 is 11.6 Å². The smallest absolute Gasteiger partial charge is 0.0109 e. The summed E-state index contributed by atoms with van der Waals surface area (Å²) in [7, 11) is 0. The molecule has 0 radical (unpaired) electrons. The first kappa shape index (κ1) is 10.1. The van der Waals surface area contributed by atoms with Crippen LogP contribution < -0.4 is 0 Å². The highest BCUT2D eigenvalue weighted by molar-refractivity contribution is 6.29. The highest BCUT2D eigenvalue weighted by atomic mass is 35.5. The van der Waals surface area contributed by atoms with Crippen molar-refractivity contribution in [1.82, 2.24) is 0 Å². The number of rotatable bonds is 5. The Morgan fingerprint density at radius 2 is 2.25 bits per heavy atom. The molecule has 1 saturated carbocycles. The van der Waals surface area contributed by atoms with Gasteiger partial charge in [0.25, 0.3) is 0 Å². The molecule has 0 amide bonds. The topological polar surface area (TPSA) is 0 Å². The van der Waals surface area contributed by atoms with Gasteiger partial charge in [0.05, 0.1) is 0 Å². The summed E-state index contributed by atoms with van der Waals surface area (Å²) in [5, 5.41) is 0.815. The maximum Gasteiger partial charge on any atom is 0.0109 e. The number of allylic oxidation sites excluding steroid dienone is 1. The van der Waals surface area contributed by atoms with Crippen LogP contribution in [0.4, 0.5) is 0 Å². The Morgan fingerprint density at radius 3 is 2.67 bits per heavy atom. The Labute approximate surface area is 81.0 Å². The molecule has 0 spiro atoms. The van der Waals surface area contributed by atoms with E-state index in [1.54, 1.807) is 0 Å². The van der Waals surface area contributed by atoms with Crippen LogP contribution in [-0.2, 0) is 0 Å². The third kappa shape index (κ3) is 3.62. The van der Waals surface area contributed by atoms with Gasteiger partial charge in [0, 0.05) is 5.03 Å². The Balaban J connectivity index is 2.02. The van der Waals surface area contributed by atoms with Gasteiger partial charge in [0.1, 0.15) is 0 Å². The Hall–Kier alpha value is 0.0300. The van der Waals surface area contributed by atoms with Crippen LogP contribution in [0.15, 0.2) is 11.6 Å². The summed E-state index contributed by atoms with van der Waals surface area (Å²) in [6, 6.07) is 0. The fraction of sp³-hybridized carbons (Fsp3) is 0.818. The fourth-order valence-corrected chi connectivity index (χ4v) is 1.93. The van der Waals surface area contributed by atoms with Crippen LogP contribution in [0.25, 0.3) is 0 Å². The lowest BCUT2D eigenvalue weighted by atomic mass is 9.78. The van der Waals surface area contributed by atoms with E-state index in [0.717, 1.165) is 23.3 Å². The van der Waals surface area contributed by atoms with Gasteiger partial charge in [-0.05, 0) is 31.1 Å². The summed E-state index contributed by atoms with van der Waals surface area (Å²) < 4.78 is 0. The molecule has 0 saturated heterocycles. The molecule has 70 valence electrons. The molecule has 0 nitrogen and oxygen atoms in total. The first-order valence-corrected chi connectivity index (χ1v) is 5.39. The zero-order valence-electron chi connectivity index (χ0n) is 7.98. The van der Waals surface area contributed by atoms with E-state index in [-0.39, 0.29) is 0 Å². The second-order valence-electron chi connectivity index (χ2n) is 4.19. The van der Waals surface area contributed by atoms with Crippen molar-refractivity contribution in [2.24, 2.45) is 11.8 Å². The molecule has 0 aromatic rings. The van der Waals surface area contributed by atoms with Crippen LogP contribution in [-0.4, -0.2) is 0 Å². The molecule has 0 N–H and O–H groups in total. The van der Waals surface area contributed by atoms with Gasteiger partial charge in [-0.2, -0.15) is 0 Å². The number of hydrogen-bond acceptors (Lipinski definition) is 0. The zero-order valence-corrected chi connectivity index (χ0v) is 8.74. The van der Waals surface area contributed by atoms with Gasteiger partial charge >= 0.3 is 0 Å². The average Bonchev–Trinajstić information content (AvgIpc) is 1.93. The largest absolute Gasteiger partial charge is 0.0898 e. The second-order valence-corrected chi connectivity index (χ2v) is 4.73. The van der Waals surface area contributed by atoms with Gasteiger partial charge < -0.3 is 0 Å². The standard InChI is InChI=1S/C11H19Cl/c1-9(6-7-10(2)12)8-11-4-3-5-11/h9,11H,2-8H2,1H3. The minimum Gasteiger partial charge on any atom is -0.0898 e. The van der Waals surface area contributed by atoms with Gasteiger partial charge in [0.2, 0.25) is 0 Å². The van der Waals surface area contributed by atoms with Crippen molar-refractivity contribution in [2.45, 2.75) is 45.4 Å². The highest BCUT2D eigenvalue weighted by Gasteiger charge is 2.19. The normalized spacial score (nSPS) is 20.2. The summed E-state index contributed by atoms with van der Waals surface area (Å²) in [6.07, 6.45) is 8.01. The van der Waals surface area contributed by atoms with E-state index in [9.17, 15) is 0 Å². The molecule has 12 heavy (non-hydrogen) atoms. The molecule has 1 aliphatic rings. The summed E-state index contributed by atoms with van der Waals surface area (Å²) in [4.78, 5) is 0. The van der Waals surface area contributed by atoms with Crippen molar-refractivity contribution in [2.75, 3.05) is 0 Å². The van der Waals surface area contributed by atoms with Crippen molar-refractivity contribution < 1.29 is 0 Å². The maximum atomic E-state index is 5.71. The molecule has 1 rings (SSSR count). The van der Waals surface area contributed by atoms with Crippen LogP contribution in [0.2, 0.25) is 0 Å². The lowest BCUT2D eigenvalue weighted by Crippen LogP contribution is -2.14. The third-order valence-electron chi connectivity index (χ3n) is 2.87. The monoisotopic (exact) mass is 186 g/mol. The van der Waals surface area contributed by atoms with E-state index in [1.165, 1.54) is 32.1 Å². The molecule has 0 heterocycles. The van der Waals surface area contributed by atoms with Crippen molar-refractivity contribution in [3.63, 3.8) is 0 Å². The molecule has 0 bridgehead atoms. The van der Waals surface area contributed by atoms with Crippen molar-refractivity contribution in [3.8, 4) is 0 Å². The zero-order chi connectivity index (χ0) is 8.97. The Kier molecular flexibility index (Phi) is 4.14. The molecule has 1 atom stereocenters. The Morgan fingerprint density at radius 1 is 1.58 bits per heavy atom. The van der Waals surface area contributed by atoms with Crippen LogP contribution in [0.3, 0.4) is 0 Å². The fourth-order valence-electron chi connectivity index (χ4n) is 1.82. The first-order chi connectivity index (χ1) is 5.68. The maximum absolute atomic E-state index is 5.71. The van der Waals surface area contributed by atoms with Gasteiger partial charge in [-0.1, -0.05) is 44.4 Å².